The van der Waals surface area contributed by atoms with Crippen LogP contribution in [-0.2, 0) is 10.0 Å². The molecule has 0 unspecified atom stereocenters. The van der Waals surface area contributed by atoms with Gasteiger partial charge in [-0.2, -0.15) is 0 Å². The molecule has 31 heavy (non-hydrogen) atoms. The van der Waals surface area contributed by atoms with Crippen LogP contribution in [-0.4, -0.2) is 22.6 Å². The molecule has 0 saturated heterocycles. The maximum atomic E-state index is 14.2. The Labute approximate surface area is 180 Å². The minimum atomic E-state index is -4.22. The average Bonchev–Trinajstić information content (AvgIpc) is 2.76. The molecule has 0 radical (unpaired) electrons. The maximum absolute atomic E-state index is 14.2. The molecule has 0 aliphatic carbocycles. The lowest BCUT2D eigenvalue weighted by molar-refractivity contribution is 0.396. The lowest BCUT2D eigenvalue weighted by atomic mass is 10.1. The first-order valence-electron chi connectivity index (χ1n) is 9.47. The summed E-state index contributed by atoms with van der Waals surface area (Å²) >= 11 is 0. The molecule has 0 heterocycles. The molecule has 0 aromatic heterocycles. The van der Waals surface area contributed by atoms with Crippen molar-refractivity contribution in [2.75, 3.05) is 18.5 Å². The molecule has 0 N–H and O–H groups in total. The SMILES string of the molecule is COc1ccc(OC)c([C@@H](C)N(c2ccc(F)cc2)S(=O)(=O)c2ccc(C)c(F)c2)c1. The quantitative estimate of drug-likeness (QED) is 0.497. The van der Waals surface area contributed by atoms with Gasteiger partial charge in [0.15, 0.2) is 0 Å². The molecule has 8 heteroatoms. The fraction of sp³-hybridized carbons (Fsp3) is 0.217. The fourth-order valence-corrected chi connectivity index (χ4v) is 4.95. The molecule has 3 aromatic carbocycles. The Balaban J connectivity index is 2.22. The van der Waals surface area contributed by atoms with E-state index in [2.05, 4.69) is 0 Å². The summed E-state index contributed by atoms with van der Waals surface area (Å²) in [6, 6.07) is 13.0. The first kappa shape index (κ1) is 22.6. The average molecular weight is 448 g/mol. The summed E-state index contributed by atoms with van der Waals surface area (Å²) < 4.78 is 66.9. The molecule has 5 nitrogen and oxygen atoms in total. The van der Waals surface area contributed by atoms with E-state index in [-0.39, 0.29) is 10.6 Å². The van der Waals surface area contributed by atoms with E-state index in [1.807, 2.05) is 0 Å². The summed E-state index contributed by atoms with van der Waals surface area (Å²) in [5, 5.41) is 0. The minimum absolute atomic E-state index is 0.214. The van der Waals surface area contributed by atoms with E-state index in [9.17, 15) is 17.2 Å². The second kappa shape index (κ2) is 8.93. The molecular weight excluding hydrogens is 424 g/mol. The normalized spacial score (nSPS) is 12.3. The van der Waals surface area contributed by atoms with Crippen LogP contribution in [0.5, 0.6) is 11.5 Å². The van der Waals surface area contributed by atoms with Gasteiger partial charge in [-0.05, 0) is 74.0 Å². The highest BCUT2D eigenvalue weighted by Crippen LogP contribution is 2.38. The Kier molecular flexibility index (Phi) is 6.50. The molecule has 1 atom stereocenters. The van der Waals surface area contributed by atoms with Crippen LogP contribution >= 0.6 is 0 Å². The van der Waals surface area contributed by atoms with E-state index < -0.39 is 27.7 Å². The van der Waals surface area contributed by atoms with Gasteiger partial charge in [0.2, 0.25) is 0 Å². The smallest absolute Gasteiger partial charge is 0.264 e. The van der Waals surface area contributed by atoms with Gasteiger partial charge < -0.3 is 9.47 Å². The van der Waals surface area contributed by atoms with Crippen molar-refractivity contribution in [3.8, 4) is 11.5 Å². The van der Waals surface area contributed by atoms with Crippen molar-refractivity contribution in [2.45, 2.75) is 24.8 Å². The number of rotatable bonds is 7. The van der Waals surface area contributed by atoms with E-state index in [1.54, 1.807) is 32.0 Å². The molecule has 3 rings (SSSR count). The number of aryl methyl sites for hydroxylation is 1. The van der Waals surface area contributed by atoms with Gasteiger partial charge >= 0.3 is 0 Å². The third kappa shape index (κ3) is 4.49. The van der Waals surface area contributed by atoms with Gasteiger partial charge in [0.05, 0.1) is 30.8 Å². The molecule has 0 spiro atoms. The third-order valence-electron chi connectivity index (χ3n) is 5.02. The molecular formula is C23H23F2NO4S. The second-order valence-corrected chi connectivity index (χ2v) is 8.79. The molecule has 0 saturated carbocycles. The van der Waals surface area contributed by atoms with Crippen molar-refractivity contribution in [3.63, 3.8) is 0 Å². The fourth-order valence-electron chi connectivity index (χ4n) is 3.30. The third-order valence-corrected chi connectivity index (χ3v) is 6.91. The highest BCUT2D eigenvalue weighted by Gasteiger charge is 2.32. The van der Waals surface area contributed by atoms with Crippen molar-refractivity contribution in [3.05, 3.63) is 83.4 Å². The van der Waals surface area contributed by atoms with Gasteiger partial charge in [0.1, 0.15) is 23.1 Å². The number of halogens is 2. The summed E-state index contributed by atoms with van der Waals surface area (Å²) in [5.41, 5.74) is 1.08. The number of sulfonamides is 1. The summed E-state index contributed by atoms with van der Waals surface area (Å²) in [7, 11) is -1.25. The summed E-state index contributed by atoms with van der Waals surface area (Å²) in [4.78, 5) is -0.214. The van der Waals surface area contributed by atoms with Crippen LogP contribution in [0.1, 0.15) is 24.1 Å². The number of hydrogen-bond donors (Lipinski definition) is 0. The molecule has 0 fully saturated rings. The van der Waals surface area contributed by atoms with E-state index in [0.717, 1.165) is 10.4 Å². The highest BCUT2D eigenvalue weighted by molar-refractivity contribution is 7.92. The van der Waals surface area contributed by atoms with Crippen LogP contribution in [0.25, 0.3) is 0 Å². The van der Waals surface area contributed by atoms with E-state index in [0.29, 0.717) is 22.6 Å². The Hall–Kier alpha value is -3.13. The van der Waals surface area contributed by atoms with Gasteiger partial charge in [0.25, 0.3) is 10.0 Å². The largest absolute Gasteiger partial charge is 0.497 e. The van der Waals surface area contributed by atoms with Crippen LogP contribution in [0.4, 0.5) is 14.5 Å². The van der Waals surface area contributed by atoms with E-state index in [4.69, 9.17) is 9.47 Å². The first-order valence-corrected chi connectivity index (χ1v) is 10.9. The minimum Gasteiger partial charge on any atom is -0.497 e. The van der Waals surface area contributed by atoms with Crippen LogP contribution in [0.15, 0.2) is 65.6 Å². The number of nitrogens with zero attached hydrogens (tertiary/aromatic N) is 1. The Bertz CT molecular complexity index is 1180. The first-order chi connectivity index (χ1) is 14.7. The van der Waals surface area contributed by atoms with Crippen LogP contribution in [0, 0.1) is 18.6 Å². The van der Waals surface area contributed by atoms with Gasteiger partial charge in [0, 0.05) is 5.56 Å². The van der Waals surface area contributed by atoms with E-state index >= 15 is 0 Å². The van der Waals surface area contributed by atoms with Gasteiger partial charge in [-0.25, -0.2) is 17.2 Å². The van der Waals surface area contributed by atoms with Crippen molar-refractivity contribution in [1.29, 1.82) is 0 Å². The maximum Gasteiger partial charge on any atom is 0.264 e. The van der Waals surface area contributed by atoms with Crippen molar-refractivity contribution < 1.29 is 26.7 Å². The predicted molar refractivity (Wildman–Crippen MR) is 115 cm³/mol. The standard InChI is InChI=1S/C23H23F2NO4S/c1-15-5-11-20(14-22(15)25)31(27,28)26(18-8-6-17(24)7-9-18)16(2)21-13-19(29-3)10-12-23(21)30-4/h5-14,16H,1-4H3/t16-/m1/s1. The Morgan fingerprint density at radius 3 is 2.16 bits per heavy atom. The zero-order chi connectivity index (χ0) is 22.8. The molecule has 0 bridgehead atoms. The zero-order valence-corrected chi connectivity index (χ0v) is 18.4. The zero-order valence-electron chi connectivity index (χ0n) is 17.6. The van der Waals surface area contributed by atoms with Crippen molar-refractivity contribution in [1.82, 2.24) is 0 Å². The molecule has 0 aliphatic rings. The monoisotopic (exact) mass is 447 g/mol. The highest BCUT2D eigenvalue weighted by atomic mass is 32.2. The molecule has 164 valence electrons. The van der Waals surface area contributed by atoms with Gasteiger partial charge in [-0.15, -0.1) is 0 Å². The number of ether oxygens (including phenoxy) is 2. The number of anilines is 1. The van der Waals surface area contributed by atoms with Gasteiger partial charge in [-0.3, -0.25) is 4.31 Å². The van der Waals surface area contributed by atoms with Crippen molar-refractivity contribution in [2.24, 2.45) is 0 Å². The summed E-state index contributed by atoms with van der Waals surface area (Å²) in [6.07, 6.45) is 0. The number of benzene rings is 3. The molecule has 0 amide bonds. The molecule has 3 aromatic rings. The van der Waals surface area contributed by atoms with Crippen LogP contribution in [0.3, 0.4) is 0 Å². The number of methoxy groups -OCH3 is 2. The van der Waals surface area contributed by atoms with Crippen LogP contribution < -0.4 is 13.8 Å². The predicted octanol–water partition coefficient (Wildman–Crippen LogP) is 5.25. The second-order valence-electron chi connectivity index (χ2n) is 6.97. The lowest BCUT2D eigenvalue weighted by Crippen LogP contribution is -2.34. The van der Waals surface area contributed by atoms with E-state index in [1.165, 1.54) is 50.6 Å². The number of hydrogen-bond acceptors (Lipinski definition) is 4. The van der Waals surface area contributed by atoms with Crippen molar-refractivity contribution >= 4 is 15.7 Å². The molecule has 0 aliphatic heterocycles. The Morgan fingerprint density at radius 2 is 1.58 bits per heavy atom. The lowest BCUT2D eigenvalue weighted by Gasteiger charge is -2.32. The van der Waals surface area contributed by atoms with Gasteiger partial charge in [-0.1, -0.05) is 6.07 Å². The Morgan fingerprint density at radius 1 is 0.903 bits per heavy atom. The van der Waals surface area contributed by atoms with Crippen LogP contribution in [0.2, 0.25) is 0 Å². The summed E-state index contributed by atoms with van der Waals surface area (Å²) in [5.74, 6) is -0.174. The summed E-state index contributed by atoms with van der Waals surface area (Å²) in [6.45, 7) is 3.22. The topological polar surface area (TPSA) is 55.8 Å².